The average Bonchev–Trinajstić information content (AvgIpc) is 3.39. The van der Waals surface area contributed by atoms with Crippen LogP contribution in [-0.4, -0.2) is 29.3 Å². The van der Waals surface area contributed by atoms with Crippen LogP contribution >= 0.6 is 0 Å². The lowest BCUT2D eigenvalue weighted by atomic mass is 10.0. The van der Waals surface area contributed by atoms with Crippen molar-refractivity contribution in [3.8, 4) is 33.9 Å². The fraction of sp³-hybridized carbons (Fsp3) is 0.100. The fourth-order valence-corrected chi connectivity index (χ4v) is 3.23. The van der Waals surface area contributed by atoms with Crippen molar-refractivity contribution in [2.75, 3.05) is 0 Å². The van der Waals surface area contributed by atoms with Gasteiger partial charge in [-0.25, -0.2) is 9.37 Å². The monoisotopic (exact) mass is 374 g/mol. The molecule has 0 aliphatic rings. The molecule has 1 aromatic carbocycles. The average molecular weight is 374 g/mol. The van der Waals surface area contributed by atoms with Crippen molar-refractivity contribution in [2.24, 2.45) is 7.05 Å². The minimum absolute atomic E-state index is 0.277. The maximum Gasteiger partial charge on any atom is 0.223 e. The zero-order valence-electron chi connectivity index (χ0n) is 15.2. The van der Waals surface area contributed by atoms with E-state index in [2.05, 4.69) is 20.2 Å². The molecular formula is C20H15FN6O. The van der Waals surface area contributed by atoms with E-state index in [-0.39, 0.29) is 5.82 Å². The van der Waals surface area contributed by atoms with Crippen LogP contribution in [0.5, 0.6) is 0 Å². The van der Waals surface area contributed by atoms with Crippen LogP contribution in [0.2, 0.25) is 0 Å². The molecule has 28 heavy (non-hydrogen) atoms. The van der Waals surface area contributed by atoms with E-state index in [4.69, 9.17) is 4.52 Å². The van der Waals surface area contributed by atoms with E-state index in [1.165, 1.54) is 12.1 Å². The second kappa shape index (κ2) is 6.12. The highest BCUT2D eigenvalue weighted by atomic mass is 19.1. The quantitative estimate of drug-likeness (QED) is 0.479. The highest BCUT2D eigenvalue weighted by Gasteiger charge is 2.16. The number of hydrogen-bond acceptors (Lipinski definition) is 5. The van der Waals surface area contributed by atoms with Gasteiger partial charge in [-0.15, -0.1) is 0 Å². The first kappa shape index (κ1) is 16.4. The Kier molecular flexibility index (Phi) is 3.58. The van der Waals surface area contributed by atoms with Crippen molar-refractivity contribution < 1.29 is 8.91 Å². The van der Waals surface area contributed by atoms with E-state index in [0.717, 1.165) is 33.7 Å². The topological polar surface area (TPSA) is 74.0 Å². The summed E-state index contributed by atoms with van der Waals surface area (Å²) in [6, 6.07) is 10.2. The van der Waals surface area contributed by atoms with E-state index >= 15 is 0 Å². The third-order valence-corrected chi connectivity index (χ3v) is 4.52. The Bertz CT molecular complexity index is 1300. The number of aromatic nitrogens is 6. The van der Waals surface area contributed by atoms with E-state index in [0.29, 0.717) is 11.7 Å². The molecule has 4 aromatic heterocycles. The van der Waals surface area contributed by atoms with Crippen LogP contribution in [0.4, 0.5) is 4.39 Å². The van der Waals surface area contributed by atoms with Gasteiger partial charge in [0.15, 0.2) is 0 Å². The normalized spacial score (nSPS) is 11.4. The third kappa shape index (κ3) is 2.66. The SMILES string of the molecule is Cc1nc(-c2cnc3ccc(-c4cn(C)nc4-c4ccc(F)cc4)cn23)no1. The summed E-state index contributed by atoms with van der Waals surface area (Å²) in [5, 5.41) is 8.56. The Balaban J connectivity index is 1.67. The summed E-state index contributed by atoms with van der Waals surface area (Å²) in [6.45, 7) is 1.75. The number of hydrogen-bond donors (Lipinski definition) is 0. The number of imidazole rings is 1. The second-order valence-corrected chi connectivity index (χ2v) is 6.50. The van der Waals surface area contributed by atoms with Crippen molar-refractivity contribution in [1.82, 2.24) is 29.3 Å². The Morgan fingerprint density at radius 3 is 2.54 bits per heavy atom. The number of halogens is 1. The largest absolute Gasteiger partial charge is 0.339 e. The van der Waals surface area contributed by atoms with Gasteiger partial charge in [-0.2, -0.15) is 10.1 Å². The summed E-state index contributed by atoms with van der Waals surface area (Å²) < 4.78 is 22.1. The zero-order valence-corrected chi connectivity index (χ0v) is 15.2. The molecule has 0 atom stereocenters. The molecular weight excluding hydrogens is 359 g/mol. The second-order valence-electron chi connectivity index (χ2n) is 6.50. The summed E-state index contributed by atoms with van der Waals surface area (Å²) in [5.74, 6) is 0.695. The minimum atomic E-state index is -0.277. The Labute approximate surface area is 159 Å². The van der Waals surface area contributed by atoms with E-state index in [1.807, 2.05) is 36.0 Å². The molecule has 0 saturated heterocycles. The molecule has 0 saturated carbocycles. The summed E-state index contributed by atoms with van der Waals surface area (Å²) in [6.07, 6.45) is 5.62. The van der Waals surface area contributed by atoms with Gasteiger partial charge in [-0.3, -0.25) is 9.08 Å². The van der Waals surface area contributed by atoms with Crippen molar-refractivity contribution in [2.45, 2.75) is 6.92 Å². The highest BCUT2D eigenvalue weighted by molar-refractivity contribution is 5.81. The maximum atomic E-state index is 13.3. The van der Waals surface area contributed by atoms with Gasteiger partial charge in [0.05, 0.1) is 6.20 Å². The van der Waals surface area contributed by atoms with Gasteiger partial charge >= 0.3 is 0 Å². The molecule has 138 valence electrons. The number of rotatable bonds is 3. The van der Waals surface area contributed by atoms with Crippen molar-refractivity contribution in [3.05, 3.63) is 66.7 Å². The smallest absolute Gasteiger partial charge is 0.223 e. The summed E-state index contributed by atoms with van der Waals surface area (Å²) in [5.41, 5.74) is 5.00. The Morgan fingerprint density at radius 1 is 1.00 bits per heavy atom. The van der Waals surface area contributed by atoms with Crippen LogP contribution in [0.1, 0.15) is 5.89 Å². The van der Waals surface area contributed by atoms with Crippen molar-refractivity contribution >= 4 is 5.65 Å². The molecule has 0 fully saturated rings. The number of pyridine rings is 1. The maximum absolute atomic E-state index is 13.3. The molecule has 0 spiro atoms. The van der Waals surface area contributed by atoms with Crippen LogP contribution < -0.4 is 0 Å². The molecule has 0 aliphatic heterocycles. The number of aryl methyl sites for hydroxylation is 2. The van der Waals surface area contributed by atoms with Gasteiger partial charge in [0.1, 0.15) is 22.9 Å². The van der Waals surface area contributed by atoms with Crippen molar-refractivity contribution in [3.63, 3.8) is 0 Å². The lowest BCUT2D eigenvalue weighted by Gasteiger charge is -2.05. The Hall–Kier alpha value is -3.81. The van der Waals surface area contributed by atoms with Gasteiger partial charge < -0.3 is 4.52 Å². The molecule has 0 amide bonds. The van der Waals surface area contributed by atoms with Crippen LogP contribution in [0.25, 0.3) is 39.5 Å². The zero-order chi connectivity index (χ0) is 19.3. The predicted octanol–water partition coefficient (Wildman–Crippen LogP) is 3.90. The van der Waals surface area contributed by atoms with E-state index in [9.17, 15) is 4.39 Å². The summed E-state index contributed by atoms with van der Waals surface area (Å²) in [7, 11) is 1.86. The fourth-order valence-electron chi connectivity index (χ4n) is 3.23. The first-order chi connectivity index (χ1) is 13.6. The molecule has 0 aliphatic carbocycles. The molecule has 5 aromatic rings. The van der Waals surface area contributed by atoms with E-state index in [1.54, 1.807) is 29.9 Å². The first-order valence-electron chi connectivity index (χ1n) is 8.66. The first-order valence-corrected chi connectivity index (χ1v) is 8.66. The van der Waals surface area contributed by atoms with Gasteiger partial charge in [0.25, 0.3) is 0 Å². The third-order valence-electron chi connectivity index (χ3n) is 4.52. The van der Waals surface area contributed by atoms with Crippen molar-refractivity contribution in [1.29, 1.82) is 0 Å². The van der Waals surface area contributed by atoms with Gasteiger partial charge in [0.2, 0.25) is 11.7 Å². The van der Waals surface area contributed by atoms with Crippen LogP contribution in [-0.2, 0) is 7.05 Å². The Morgan fingerprint density at radius 2 is 1.79 bits per heavy atom. The number of fused-ring (bicyclic) bond motifs is 1. The summed E-state index contributed by atoms with van der Waals surface area (Å²) in [4.78, 5) is 8.71. The molecule has 0 unspecified atom stereocenters. The lowest BCUT2D eigenvalue weighted by Crippen LogP contribution is -1.92. The van der Waals surface area contributed by atoms with Gasteiger partial charge in [-0.1, -0.05) is 5.16 Å². The number of nitrogens with zero attached hydrogens (tertiary/aromatic N) is 6. The number of benzene rings is 1. The minimum Gasteiger partial charge on any atom is -0.339 e. The standard InChI is InChI=1S/C20H15FN6O/c1-12-23-20(25-28-12)17-9-22-18-8-5-14(10-27(17)18)16-11-26(2)24-19(16)13-3-6-15(21)7-4-13/h3-11H,1-2H3. The molecule has 5 rings (SSSR count). The van der Waals surface area contributed by atoms with Crippen LogP contribution in [0.15, 0.2) is 59.5 Å². The lowest BCUT2D eigenvalue weighted by molar-refractivity contribution is 0.394. The van der Waals surface area contributed by atoms with Gasteiger partial charge in [0, 0.05) is 43.1 Å². The molecule has 7 nitrogen and oxygen atoms in total. The van der Waals surface area contributed by atoms with Crippen LogP contribution in [0, 0.1) is 12.7 Å². The van der Waals surface area contributed by atoms with Gasteiger partial charge in [-0.05, 0) is 36.4 Å². The molecule has 0 N–H and O–H groups in total. The molecule has 0 bridgehead atoms. The van der Waals surface area contributed by atoms with Crippen LogP contribution in [0.3, 0.4) is 0 Å². The molecule has 8 heteroatoms. The molecule has 0 radical (unpaired) electrons. The highest BCUT2D eigenvalue weighted by Crippen LogP contribution is 2.32. The van der Waals surface area contributed by atoms with E-state index < -0.39 is 0 Å². The molecule has 4 heterocycles. The predicted molar refractivity (Wildman–Crippen MR) is 101 cm³/mol. The summed E-state index contributed by atoms with van der Waals surface area (Å²) >= 11 is 0.